The predicted molar refractivity (Wildman–Crippen MR) is 83.0 cm³/mol. The second kappa shape index (κ2) is 7.45. The molecular weight excluding hydrogens is 264 g/mol. The second-order valence-corrected chi connectivity index (χ2v) is 4.87. The van der Waals surface area contributed by atoms with Crippen LogP contribution in [0, 0.1) is 0 Å². The quantitative estimate of drug-likeness (QED) is 0.851. The Kier molecular flexibility index (Phi) is 5.35. The third-order valence-electron chi connectivity index (χ3n) is 3.24. The summed E-state index contributed by atoms with van der Waals surface area (Å²) in [7, 11) is 1.62. The number of nitrogens with one attached hydrogen (secondary N) is 1. The molecule has 4 heteroatoms. The molecule has 21 heavy (non-hydrogen) atoms. The van der Waals surface area contributed by atoms with Crippen LogP contribution in [0.5, 0.6) is 5.75 Å². The number of hydrogen-bond acceptors (Lipinski definition) is 3. The van der Waals surface area contributed by atoms with Gasteiger partial charge in [-0.15, -0.1) is 0 Å². The highest BCUT2D eigenvalue weighted by Gasteiger charge is 2.13. The lowest BCUT2D eigenvalue weighted by molar-refractivity contribution is -0.122. The number of carbonyl (C=O) groups excluding carboxylic acids is 1. The fraction of sp³-hybridized carbons (Fsp3) is 0.235. The number of nitrogens with two attached hydrogens (primary N) is 1. The molecule has 0 radical (unpaired) electrons. The van der Waals surface area contributed by atoms with Crippen LogP contribution in [-0.2, 0) is 17.8 Å². The number of carbonyl (C=O) groups is 1. The highest BCUT2D eigenvalue weighted by molar-refractivity contribution is 5.81. The molecule has 2 aromatic carbocycles. The zero-order chi connectivity index (χ0) is 15.1. The molecule has 0 aliphatic rings. The van der Waals surface area contributed by atoms with Crippen LogP contribution in [0.3, 0.4) is 0 Å². The van der Waals surface area contributed by atoms with Gasteiger partial charge in [0.25, 0.3) is 0 Å². The van der Waals surface area contributed by atoms with Crippen molar-refractivity contribution in [2.45, 2.75) is 19.0 Å². The summed E-state index contributed by atoms with van der Waals surface area (Å²) in [4.78, 5) is 12.0. The first-order valence-electron chi connectivity index (χ1n) is 6.89. The monoisotopic (exact) mass is 284 g/mol. The average Bonchev–Trinajstić information content (AvgIpc) is 2.53. The fourth-order valence-electron chi connectivity index (χ4n) is 2.06. The smallest absolute Gasteiger partial charge is 0.237 e. The van der Waals surface area contributed by atoms with Gasteiger partial charge in [0.1, 0.15) is 5.75 Å². The molecule has 2 rings (SSSR count). The molecule has 0 fully saturated rings. The van der Waals surface area contributed by atoms with E-state index in [9.17, 15) is 4.79 Å². The number of rotatable bonds is 6. The minimum atomic E-state index is -0.544. The van der Waals surface area contributed by atoms with Crippen LogP contribution >= 0.6 is 0 Å². The largest absolute Gasteiger partial charge is 0.497 e. The van der Waals surface area contributed by atoms with Gasteiger partial charge in [-0.25, -0.2) is 0 Å². The van der Waals surface area contributed by atoms with Gasteiger partial charge >= 0.3 is 0 Å². The van der Waals surface area contributed by atoms with E-state index in [-0.39, 0.29) is 5.91 Å². The Hall–Kier alpha value is -2.33. The van der Waals surface area contributed by atoms with Gasteiger partial charge in [0.2, 0.25) is 5.91 Å². The van der Waals surface area contributed by atoms with Crippen molar-refractivity contribution >= 4 is 5.91 Å². The molecule has 0 heterocycles. The molecular formula is C17H20N2O2. The first kappa shape index (κ1) is 15.1. The summed E-state index contributed by atoms with van der Waals surface area (Å²) in [5.74, 6) is 0.622. The lowest BCUT2D eigenvalue weighted by Crippen LogP contribution is -2.41. The van der Waals surface area contributed by atoms with E-state index in [1.165, 1.54) is 0 Å². The van der Waals surface area contributed by atoms with Gasteiger partial charge in [-0.1, -0.05) is 42.5 Å². The molecule has 0 aliphatic carbocycles. The molecule has 3 N–H and O–H groups in total. The Morgan fingerprint density at radius 3 is 2.57 bits per heavy atom. The lowest BCUT2D eigenvalue weighted by atomic mass is 10.1. The van der Waals surface area contributed by atoms with Crippen LogP contribution in [0.25, 0.3) is 0 Å². The zero-order valence-electron chi connectivity index (χ0n) is 12.1. The van der Waals surface area contributed by atoms with Gasteiger partial charge in [-0.2, -0.15) is 0 Å². The maximum Gasteiger partial charge on any atom is 0.237 e. The minimum absolute atomic E-state index is 0.151. The van der Waals surface area contributed by atoms with Gasteiger partial charge in [-0.05, 0) is 29.7 Å². The van der Waals surface area contributed by atoms with Crippen LogP contribution < -0.4 is 15.8 Å². The van der Waals surface area contributed by atoms with E-state index in [1.807, 2.05) is 54.6 Å². The molecule has 4 nitrogen and oxygen atoms in total. The molecule has 0 saturated heterocycles. The number of benzene rings is 2. The number of ether oxygens (including phenoxy) is 1. The van der Waals surface area contributed by atoms with Crippen LogP contribution in [0.1, 0.15) is 11.1 Å². The maximum absolute atomic E-state index is 12.0. The first-order chi connectivity index (χ1) is 10.2. The molecule has 0 aromatic heterocycles. The average molecular weight is 284 g/mol. The summed E-state index contributed by atoms with van der Waals surface area (Å²) in [5.41, 5.74) is 7.97. The summed E-state index contributed by atoms with van der Waals surface area (Å²) < 4.78 is 5.15. The predicted octanol–water partition coefficient (Wildman–Crippen LogP) is 1.88. The summed E-state index contributed by atoms with van der Waals surface area (Å²) in [6.45, 7) is 0.443. The van der Waals surface area contributed by atoms with Gasteiger partial charge in [-0.3, -0.25) is 4.79 Å². The SMILES string of the molecule is COc1cccc(CNC(=O)C(N)Cc2ccccc2)c1. The summed E-state index contributed by atoms with van der Waals surface area (Å²) in [6.07, 6.45) is 0.533. The van der Waals surface area contributed by atoms with Gasteiger partial charge < -0.3 is 15.8 Å². The van der Waals surface area contributed by atoms with Crippen molar-refractivity contribution in [1.82, 2.24) is 5.32 Å². The molecule has 1 atom stereocenters. The Morgan fingerprint density at radius 2 is 1.86 bits per heavy atom. The van der Waals surface area contributed by atoms with Crippen molar-refractivity contribution in [3.05, 3.63) is 65.7 Å². The van der Waals surface area contributed by atoms with Crippen molar-refractivity contribution in [2.75, 3.05) is 7.11 Å². The van der Waals surface area contributed by atoms with Crippen molar-refractivity contribution in [1.29, 1.82) is 0 Å². The Bertz CT molecular complexity index is 584. The van der Waals surface area contributed by atoms with Crippen LogP contribution in [0.4, 0.5) is 0 Å². The normalized spacial score (nSPS) is 11.7. The van der Waals surface area contributed by atoms with Crippen molar-refractivity contribution in [3.8, 4) is 5.75 Å². The van der Waals surface area contributed by atoms with E-state index >= 15 is 0 Å². The van der Waals surface area contributed by atoms with E-state index in [1.54, 1.807) is 7.11 Å². The van der Waals surface area contributed by atoms with E-state index in [2.05, 4.69) is 5.32 Å². The van der Waals surface area contributed by atoms with Crippen molar-refractivity contribution in [2.24, 2.45) is 5.73 Å². The molecule has 1 amide bonds. The van der Waals surface area contributed by atoms with E-state index in [4.69, 9.17) is 10.5 Å². The zero-order valence-corrected chi connectivity index (χ0v) is 12.1. The fourth-order valence-corrected chi connectivity index (χ4v) is 2.06. The van der Waals surface area contributed by atoms with Gasteiger partial charge in [0, 0.05) is 6.54 Å². The first-order valence-corrected chi connectivity index (χ1v) is 6.89. The summed E-state index contributed by atoms with van der Waals surface area (Å²) in [5, 5.41) is 2.85. The second-order valence-electron chi connectivity index (χ2n) is 4.87. The summed E-state index contributed by atoms with van der Waals surface area (Å²) >= 11 is 0. The highest BCUT2D eigenvalue weighted by Crippen LogP contribution is 2.12. The molecule has 0 spiro atoms. The Labute approximate surface area is 124 Å². The number of methoxy groups -OCH3 is 1. The van der Waals surface area contributed by atoms with E-state index < -0.39 is 6.04 Å². The third kappa shape index (κ3) is 4.61. The Balaban J connectivity index is 1.86. The van der Waals surface area contributed by atoms with E-state index in [0.717, 1.165) is 16.9 Å². The maximum atomic E-state index is 12.0. The topological polar surface area (TPSA) is 64.3 Å². The van der Waals surface area contributed by atoms with Crippen molar-refractivity contribution in [3.63, 3.8) is 0 Å². The lowest BCUT2D eigenvalue weighted by Gasteiger charge is -2.12. The molecule has 0 bridgehead atoms. The molecule has 1 unspecified atom stereocenters. The van der Waals surface area contributed by atoms with Crippen LogP contribution in [0.2, 0.25) is 0 Å². The van der Waals surface area contributed by atoms with Crippen LogP contribution in [0.15, 0.2) is 54.6 Å². The van der Waals surface area contributed by atoms with Crippen LogP contribution in [-0.4, -0.2) is 19.1 Å². The number of hydrogen-bond donors (Lipinski definition) is 2. The molecule has 110 valence electrons. The molecule has 2 aromatic rings. The third-order valence-corrected chi connectivity index (χ3v) is 3.24. The summed E-state index contributed by atoms with van der Waals surface area (Å²) in [6, 6.07) is 16.8. The standard InChI is InChI=1S/C17H20N2O2/c1-21-15-9-5-8-14(10-15)12-19-17(20)16(18)11-13-6-3-2-4-7-13/h2-10,16H,11-12,18H2,1H3,(H,19,20). The van der Waals surface area contributed by atoms with Crippen molar-refractivity contribution < 1.29 is 9.53 Å². The van der Waals surface area contributed by atoms with Gasteiger partial charge in [0.15, 0.2) is 0 Å². The highest BCUT2D eigenvalue weighted by atomic mass is 16.5. The molecule has 0 saturated carbocycles. The van der Waals surface area contributed by atoms with E-state index in [0.29, 0.717) is 13.0 Å². The minimum Gasteiger partial charge on any atom is -0.497 e. The molecule has 0 aliphatic heterocycles. The number of amides is 1. The van der Waals surface area contributed by atoms with Gasteiger partial charge in [0.05, 0.1) is 13.2 Å². The Morgan fingerprint density at radius 1 is 1.14 bits per heavy atom.